The van der Waals surface area contributed by atoms with Gasteiger partial charge in [0.1, 0.15) is 0 Å². The number of fused-ring (bicyclic) bond motifs is 1. The summed E-state index contributed by atoms with van der Waals surface area (Å²) in [6, 6.07) is 7.84. The highest BCUT2D eigenvalue weighted by Gasteiger charge is 2.24. The Balaban J connectivity index is 2.18. The Morgan fingerprint density at radius 2 is 2.31 bits per heavy atom. The van der Waals surface area contributed by atoms with E-state index in [0.29, 0.717) is 0 Å². The predicted molar refractivity (Wildman–Crippen MR) is 53.3 cm³/mol. The van der Waals surface area contributed by atoms with Crippen LogP contribution in [-0.4, -0.2) is 17.7 Å². The van der Waals surface area contributed by atoms with Gasteiger partial charge in [-0.2, -0.15) is 0 Å². The maximum atomic E-state index is 11.3. The average Bonchev–Trinajstić information content (AvgIpc) is 2.59. The zero-order valence-corrected chi connectivity index (χ0v) is 7.84. The Labute approximate surface area is 81.9 Å². The fourth-order valence-corrected chi connectivity index (χ4v) is 1.77. The second kappa shape index (κ2) is 3.38. The Hall–Kier alpha value is -1.02. The number of halogens is 1. The summed E-state index contributed by atoms with van der Waals surface area (Å²) in [5.41, 5.74) is 2.26. The quantitative estimate of drug-likeness (QED) is 0.730. The number of benzene rings is 1. The van der Waals surface area contributed by atoms with Gasteiger partial charge in [-0.15, -0.1) is 11.6 Å². The molecule has 1 N–H and O–H groups in total. The third-order valence-electron chi connectivity index (χ3n) is 2.29. The number of Topliss-reactive ketones (excluding diaryl/α,β-unsaturated/α-hetero) is 1. The van der Waals surface area contributed by atoms with Gasteiger partial charge in [0.25, 0.3) is 0 Å². The van der Waals surface area contributed by atoms with E-state index in [4.69, 9.17) is 11.6 Å². The third kappa shape index (κ3) is 1.54. The zero-order chi connectivity index (χ0) is 9.26. The van der Waals surface area contributed by atoms with Crippen molar-refractivity contribution in [1.29, 1.82) is 0 Å². The van der Waals surface area contributed by atoms with Crippen molar-refractivity contribution in [3.8, 4) is 0 Å². The fraction of sp³-hybridized carbons (Fsp3) is 0.300. The summed E-state index contributed by atoms with van der Waals surface area (Å²) in [4.78, 5) is 11.3. The number of carbonyl (C=O) groups is 1. The van der Waals surface area contributed by atoms with Crippen LogP contribution < -0.4 is 5.32 Å². The SMILES string of the molecule is O=C(CCl)C1Cc2ccccc2N1. The molecule has 13 heavy (non-hydrogen) atoms. The molecule has 68 valence electrons. The first kappa shape index (κ1) is 8.57. The van der Waals surface area contributed by atoms with Crippen molar-refractivity contribution in [1.82, 2.24) is 0 Å². The topological polar surface area (TPSA) is 29.1 Å². The van der Waals surface area contributed by atoms with Crippen LogP contribution in [0.4, 0.5) is 5.69 Å². The number of para-hydroxylation sites is 1. The summed E-state index contributed by atoms with van der Waals surface area (Å²) in [6.07, 6.45) is 0.766. The van der Waals surface area contributed by atoms with Crippen LogP contribution in [0.5, 0.6) is 0 Å². The largest absolute Gasteiger partial charge is 0.375 e. The van der Waals surface area contributed by atoms with Gasteiger partial charge in [0.15, 0.2) is 5.78 Å². The van der Waals surface area contributed by atoms with Gasteiger partial charge in [0.05, 0.1) is 11.9 Å². The maximum Gasteiger partial charge on any atom is 0.170 e. The van der Waals surface area contributed by atoms with E-state index in [0.717, 1.165) is 12.1 Å². The van der Waals surface area contributed by atoms with Crippen LogP contribution in [0.3, 0.4) is 0 Å². The summed E-state index contributed by atoms with van der Waals surface area (Å²) < 4.78 is 0. The number of ketones is 1. The molecule has 0 amide bonds. The fourth-order valence-electron chi connectivity index (χ4n) is 1.59. The van der Waals surface area contributed by atoms with Gasteiger partial charge in [-0.05, 0) is 11.6 Å². The van der Waals surface area contributed by atoms with E-state index >= 15 is 0 Å². The highest BCUT2D eigenvalue weighted by Crippen LogP contribution is 2.25. The van der Waals surface area contributed by atoms with Crippen LogP contribution in [0.15, 0.2) is 24.3 Å². The molecule has 0 bridgehead atoms. The van der Waals surface area contributed by atoms with E-state index in [9.17, 15) is 4.79 Å². The van der Waals surface area contributed by atoms with Gasteiger partial charge in [-0.3, -0.25) is 4.79 Å². The van der Waals surface area contributed by atoms with Crippen LogP contribution in [0, 0.1) is 0 Å². The molecular formula is C10H10ClNO. The Morgan fingerprint density at radius 1 is 1.54 bits per heavy atom. The number of alkyl halides is 1. The first-order chi connectivity index (χ1) is 6.31. The molecule has 0 saturated heterocycles. The van der Waals surface area contributed by atoms with Crippen LogP contribution in [0.25, 0.3) is 0 Å². The predicted octanol–water partition coefficient (Wildman–Crippen LogP) is 1.83. The van der Waals surface area contributed by atoms with Crippen LogP contribution in [-0.2, 0) is 11.2 Å². The van der Waals surface area contributed by atoms with Crippen molar-refractivity contribution in [2.24, 2.45) is 0 Å². The van der Waals surface area contributed by atoms with Gasteiger partial charge in [-0.1, -0.05) is 18.2 Å². The molecule has 1 aliphatic rings. The second-order valence-corrected chi connectivity index (χ2v) is 3.43. The van der Waals surface area contributed by atoms with E-state index < -0.39 is 0 Å². The van der Waals surface area contributed by atoms with E-state index in [1.54, 1.807) is 0 Å². The Kier molecular flexibility index (Phi) is 2.23. The number of anilines is 1. The van der Waals surface area contributed by atoms with E-state index in [1.165, 1.54) is 5.56 Å². The first-order valence-electron chi connectivity index (χ1n) is 4.24. The van der Waals surface area contributed by atoms with Crippen LogP contribution >= 0.6 is 11.6 Å². The highest BCUT2D eigenvalue weighted by molar-refractivity contribution is 6.28. The van der Waals surface area contributed by atoms with Crippen molar-refractivity contribution >= 4 is 23.1 Å². The van der Waals surface area contributed by atoms with Crippen molar-refractivity contribution in [2.75, 3.05) is 11.2 Å². The third-order valence-corrected chi connectivity index (χ3v) is 2.55. The number of hydrogen-bond acceptors (Lipinski definition) is 2. The zero-order valence-electron chi connectivity index (χ0n) is 7.09. The maximum absolute atomic E-state index is 11.3. The first-order valence-corrected chi connectivity index (χ1v) is 4.78. The minimum Gasteiger partial charge on any atom is -0.375 e. The molecule has 2 nitrogen and oxygen atoms in total. The molecule has 1 unspecified atom stereocenters. The molecule has 1 atom stereocenters. The van der Waals surface area contributed by atoms with Gasteiger partial charge >= 0.3 is 0 Å². The molecule has 0 aliphatic carbocycles. The molecule has 1 aliphatic heterocycles. The molecule has 0 aromatic heterocycles. The lowest BCUT2D eigenvalue weighted by atomic mass is 10.1. The van der Waals surface area contributed by atoms with E-state index in [2.05, 4.69) is 5.32 Å². The van der Waals surface area contributed by atoms with Crippen molar-refractivity contribution in [2.45, 2.75) is 12.5 Å². The van der Waals surface area contributed by atoms with Gasteiger partial charge < -0.3 is 5.32 Å². The van der Waals surface area contributed by atoms with Gasteiger partial charge in [0, 0.05) is 12.1 Å². The van der Waals surface area contributed by atoms with Gasteiger partial charge in [-0.25, -0.2) is 0 Å². The van der Waals surface area contributed by atoms with E-state index in [1.807, 2.05) is 24.3 Å². The van der Waals surface area contributed by atoms with Crippen molar-refractivity contribution in [3.05, 3.63) is 29.8 Å². The number of hydrogen-bond donors (Lipinski definition) is 1. The summed E-state index contributed by atoms with van der Waals surface area (Å²) >= 11 is 5.49. The Bertz CT molecular complexity index is 312. The van der Waals surface area contributed by atoms with Crippen LogP contribution in [0.1, 0.15) is 5.56 Å². The Morgan fingerprint density at radius 3 is 3.00 bits per heavy atom. The minimum atomic E-state index is -0.116. The number of nitrogens with one attached hydrogen (secondary N) is 1. The lowest BCUT2D eigenvalue weighted by molar-refractivity contribution is -0.117. The van der Waals surface area contributed by atoms with Crippen molar-refractivity contribution < 1.29 is 4.79 Å². The smallest absolute Gasteiger partial charge is 0.170 e. The lowest BCUT2D eigenvalue weighted by Gasteiger charge is -2.06. The van der Waals surface area contributed by atoms with Crippen molar-refractivity contribution in [3.63, 3.8) is 0 Å². The molecular weight excluding hydrogens is 186 g/mol. The molecule has 0 radical (unpaired) electrons. The molecule has 1 aromatic carbocycles. The van der Waals surface area contributed by atoms with Crippen LogP contribution in [0.2, 0.25) is 0 Å². The number of carbonyl (C=O) groups excluding carboxylic acids is 1. The molecule has 0 spiro atoms. The molecule has 1 aromatic rings. The van der Waals surface area contributed by atoms with E-state index in [-0.39, 0.29) is 17.7 Å². The normalized spacial score (nSPS) is 19.3. The van der Waals surface area contributed by atoms with Gasteiger partial charge in [0.2, 0.25) is 0 Å². The molecule has 0 fully saturated rings. The monoisotopic (exact) mass is 195 g/mol. The summed E-state index contributed by atoms with van der Waals surface area (Å²) in [7, 11) is 0. The lowest BCUT2D eigenvalue weighted by Crippen LogP contribution is -2.27. The standard InChI is InChI=1S/C10H10ClNO/c11-6-10(13)9-5-7-3-1-2-4-8(7)12-9/h1-4,9,12H,5-6H2. The highest BCUT2D eigenvalue weighted by atomic mass is 35.5. The second-order valence-electron chi connectivity index (χ2n) is 3.16. The summed E-state index contributed by atoms with van der Waals surface area (Å²) in [5, 5.41) is 3.15. The number of rotatable bonds is 2. The average molecular weight is 196 g/mol. The summed E-state index contributed by atoms with van der Waals surface area (Å²) in [5.74, 6) is 0.156. The molecule has 2 rings (SSSR count). The summed E-state index contributed by atoms with van der Waals surface area (Å²) in [6.45, 7) is 0. The molecule has 0 saturated carbocycles. The minimum absolute atomic E-state index is 0.0675. The molecule has 3 heteroatoms. The molecule has 1 heterocycles.